The Morgan fingerprint density at radius 3 is 2.36 bits per heavy atom. The highest BCUT2D eigenvalue weighted by molar-refractivity contribution is 5.74. The quantitative estimate of drug-likeness (QED) is 0.773. The van der Waals surface area contributed by atoms with Gasteiger partial charge in [-0.25, -0.2) is 4.79 Å². The summed E-state index contributed by atoms with van der Waals surface area (Å²) in [5.41, 5.74) is 1.92. The van der Waals surface area contributed by atoms with Crippen LogP contribution < -0.4 is 5.32 Å². The van der Waals surface area contributed by atoms with E-state index in [2.05, 4.69) is 5.32 Å². The maximum absolute atomic E-state index is 12.2. The van der Waals surface area contributed by atoms with Crippen molar-refractivity contribution in [2.45, 2.75) is 44.9 Å². The number of aliphatic hydroxyl groups excluding tert-OH is 2. The van der Waals surface area contributed by atoms with E-state index in [1.807, 2.05) is 31.2 Å². The first-order valence-corrected chi connectivity index (χ1v) is 7.96. The molecule has 2 aliphatic rings. The third kappa shape index (κ3) is 2.71. The summed E-state index contributed by atoms with van der Waals surface area (Å²) >= 11 is 0. The topological polar surface area (TPSA) is 72.8 Å². The zero-order chi connectivity index (χ0) is 15.7. The van der Waals surface area contributed by atoms with Crippen molar-refractivity contribution in [1.29, 1.82) is 0 Å². The molecule has 3 N–H and O–H groups in total. The number of nitrogens with one attached hydrogen (secondary N) is 1. The minimum absolute atomic E-state index is 0.0706. The van der Waals surface area contributed by atoms with E-state index in [1.165, 1.54) is 5.56 Å². The van der Waals surface area contributed by atoms with Crippen LogP contribution in [0.1, 0.15) is 30.4 Å². The third-order valence-electron chi connectivity index (χ3n) is 5.32. The average Bonchev–Trinajstić information content (AvgIpc) is 2.54. The number of likely N-dealkylation sites (tertiary alicyclic amines) is 1. The van der Waals surface area contributed by atoms with Crippen LogP contribution in [-0.4, -0.2) is 46.4 Å². The molecule has 0 aromatic heterocycles. The second-order valence-corrected chi connectivity index (χ2v) is 6.63. The molecule has 3 rings (SSSR count). The molecule has 0 unspecified atom stereocenters. The van der Waals surface area contributed by atoms with Gasteiger partial charge in [0.15, 0.2) is 0 Å². The van der Waals surface area contributed by atoms with E-state index >= 15 is 0 Å². The Kier molecular flexibility index (Phi) is 4.10. The first-order chi connectivity index (χ1) is 10.5. The Morgan fingerprint density at radius 2 is 1.82 bits per heavy atom. The number of urea groups is 1. The van der Waals surface area contributed by atoms with Gasteiger partial charge in [0.2, 0.25) is 0 Å². The van der Waals surface area contributed by atoms with Crippen LogP contribution in [0.5, 0.6) is 0 Å². The summed E-state index contributed by atoms with van der Waals surface area (Å²) in [4.78, 5) is 14.0. The minimum Gasteiger partial charge on any atom is -0.392 e. The number of aliphatic hydroxyl groups is 2. The fourth-order valence-corrected chi connectivity index (χ4v) is 3.53. The molecule has 2 fully saturated rings. The highest BCUT2D eigenvalue weighted by atomic mass is 16.3. The van der Waals surface area contributed by atoms with Gasteiger partial charge in [-0.3, -0.25) is 0 Å². The lowest BCUT2D eigenvalue weighted by Crippen LogP contribution is -2.62. The minimum atomic E-state index is -0.416. The average molecular weight is 304 g/mol. The molecule has 1 spiro atoms. The Balaban J connectivity index is 1.49. The summed E-state index contributed by atoms with van der Waals surface area (Å²) in [5.74, 6) is 0. The number of aryl methyl sites for hydroxylation is 1. The number of carbonyl (C=O) groups excluding carboxylic acids is 1. The number of carbonyl (C=O) groups is 1. The van der Waals surface area contributed by atoms with Crippen LogP contribution in [0.4, 0.5) is 4.79 Å². The Labute approximate surface area is 130 Å². The van der Waals surface area contributed by atoms with Crippen molar-refractivity contribution in [2.24, 2.45) is 5.41 Å². The lowest BCUT2D eigenvalue weighted by Gasteiger charge is -2.54. The van der Waals surface area contributed by atoms with Crippen molar-refractivity contribution in [3.8, 4) is 0 Å². The molecule has 1 aromatic rings. The summed E-state index contributed by atoms with van der Waals surface area (Å²) in [7, 11) is 0. The van der Waals surface area contributed by atoms with Crippen LogP contribution in [0.15, 0.2) is 24.3 Å². The molecule has 2 amide bonds. The van der Waals surface area contributed by atoms with E-state index in [0.717, 1.165) is 5.56 Å². The molecule has 1 saturated heterocycles. The first kappa shape index (κ1) is 15.3. The van der Waals surface area contributed by atoms with Crippen LogP contribution in [0, 0.1) is 12.3 Å². The molecule has 5 nitrogen and oxygen atoms in total. The van der Waals surface area contributed by atoms with Gasteiger partial charge in [0, 0.05) is 31.5 Å². The van der Waals surface area contributed by atoms with Crippen molar-refractivity contribution in [3.63, 3.8) is 0 Å². The first-order valence-electron chi connectivity index (χ1n) is 7.96. The Hall–Kier alpha value is -1.59. The number of benzene rings is 1. The smallest absolute Gasteiger partial charge is 0.317 e. The summed E-state index contributed by atoms with van der Waals surface area (Å²) < 4.78 is 0. The summed E-state index contributed by atoms with van der Waals surface area (Å²) in [6, 6.07) is 8.03. The van der Waals surface area contributed by atoms with Crippen molar-refractivity contribution in [1.82, 2.24) is 10.2 Å². The molecule has 2 atom stereocenters. The largest absolute Gasteiger partial charge is 0.392 e. The molecule has 1 aromatic carbocycles. The summed E-state index contributed by atoms with van der Waals surface area (Å²) in [6.45, 7) is 3.74. The number of hydrogen-bond acceptors (Lipinski definition) is 3. The van der Waals surface area contributed by atoms with Crippen molar-refractivity contribution >= 4 is 6.03 Å². The predicted molar refractivity (Wildman–Crippen MR) is 83.3 cm³/mol. The van der Waals surface area contributed by atoms with E-state index in [0.29, 0.717) is 38.9 Å². The fraction of sp³-hybridized carbons (Fsp3) is 0.588. The van der Waals surface area contributed by atoms with Gasteiger partial charge in [-0.1, -0.05) is 29.8 Å². The van der Waals surface area contributed by atoms with Gasteiger partial charge in [-0.2, -0.15) is 0 Å². The van der Waals surface area contributed by atoms with Crippen LogP contribution in [-0.2, 0) is 6.54 Å². The molecule has 0 bridgehead atoms. The lowest BCUT2D eigenvalue weighted by atomic mass is 9.58. The highest BCUT2D eigenvalue weighted by Crippen LogP contribution is 2.49. The molecule has 0 radical (unpaired) electrons. The van der Waals surface area contributed by atoms with Gasteiger partial charge in [-0.05, 0) is 25.3 Å². The molecular weight excluding hydrogens is 280 g/mol. The second-order valence-electron chi connectivity index (χ2n) is 6.63. The zero-order valence-corrected chi connectivity index (χ0v) is 13.0. The number of amides is 2. The lowest BCUT2D eigenvalue weighted by molar-refractivity contribution is -0.186. The van der Waals surface area contributed by atoms with E-state index in [4.69, 9.17) is 0 Å². The van der Waals surface area contributed by atoms with E-state index in [1.54, 1.807) is 4.90 Å². The molecule has 22 heavy (non-hydrogen) atoms. The van der Waals surface area contributed by atoms with E-state index < -0.39 is 12.2 Å². The molecule has 120 valence electrons. The van der Waals surface area contributed by atoms with Crippen LogP contribution >= 0.6 is 0 Å². The number of rotatable bonds is 2. The highest BCUT2D eigenvalue weighted by Gasteiger charge is 2.55. The van der Waals surface area contributed by atoms with Crippen molar-refractivity contribution in [2.75, 3.05) is 13.1 Å². The molecule has 5 heteroatoms. The molecule has 1 heterocycles. The number of piperidine rings is 1. The van der Waals surface area contributed by atoms with Crippen molar-refractivity contribution < 1.29 is 15.0 Å². The summed E-state index contributed by atoms with van der Waals surface area (Å²) in [5, 5.41) is 22.8. The fourth-order valence-electron chi connectivity index (χ4n) is 3.53. The van der Waals surface area contributed by atoms with Crippen molar-refractivity contribution in [3.05, 3.63) is 35.4 Å². The van der Waals surface area contributed by atoms with Crippen LogP contribution in [0.25, 0.3) is 0 Å². The van der Waals surface area contributed by atoms with Gasteiger partial charge in [0.05, 0.1) is 12.2 Å². The maximum atomic E-state index is 12.2. The monoisotopic (exact) mass is 304 g/mol. The zero-order valence-electron chi connectivity index (χ0n) is 13.0. The number of nitrogens with zero attached hydrogens (tertiary/aromatic N) is 1. The van der Waals surface area contributed by atoms with Crippen LogP contribution in [0.3, 0.4) is 0 Å². The van der Waals surface area contributed by atoms with Gasteiger partial charge >= 0.3 is 6.03 Å². The van der Waals surface area contributed by atoms with Gasteiger partial charge in [0.1, 0.15) is 0 Å². The van der Waals surface area contributed by atoms with Gasteiger partial charge in [-0.15, -0.1) is 0 Å². The molecule has 1 aliphatic carbocycles. The molecular formula is C17H24N2O3. The van der Waals surface area contributed by atoms with E-state index in [-0.39, 0.29) is 11.4 Å². The van der Waals surface area contributed by atoms with Gasteiger partial charge in [0.25, 0.3) is 0 Å². The summed E-state index contributed by atoms with van der Waals surface area (Å²) in [6.07, 6.45) is 0.987. The predicted octanol–water partition coefficient (Wildman–Crippen LogP) is 1.41. The number of hydrogen-bond donors (Lipinski definition) is 3. The Bertz CT molecular complexity index is 525. The van der Waals surface area contributed by atoms with Gasteiger partial charge < -0.3 is 20.4 Å². The normalized spacial score (nSPS) is 26.6. The second kappa shape index (κ2) is 5.89. The standard InChI is InChI=1S/C17H24N2O3/c1-12-2-4-13(5-3-12)11-18-16(22)19-8-6-17(7-9-19)14(20)10-15(17)21/h2-5,14-15,20-21H,6-11H2,1H3,(H,18,22)/t14-,15+. The Morgan fingerprint density at radius 1 is 1.23 bits per heavy atom. The van der Waals surface area contributed by atoms with Crippen LogP contribution in [0.2, 0.25) is 0 Å². The third-order valence-corrected chi connectivity index (χ3v) is 5.32. The maximum Gasteiger partial charge on any atom is 0.317 e. The molecule has 1 saturated carbocycles. The molecule has 1 aliphatic heterocycles. The SMILES string of the molecule is Cc1ccc(CNC(=O)N2CCC3(CC2)[C@H](O)C[C@@H]3O)cc1. The van der Waals surface area contributed by atoms with E-state index in [9.17, 15) is 15.0 Å².